The molecule has 0 fully saturated rings. The zero-order chi connectivity index (χ0) is 21.6. The highest BCUT2D eigenvalue weighted by atomic mass is 32.2. The highest BCUT2D eigenvalue weighted by Crippen LogP contribution is 2.43. The molecule has 0 bridgehead atoms. The normalized spacial score (nSPS) is 18.5. The van der Waals surface area contributed by atoms with E-state index < -0.39 is 10.0 Å². The number of benzene rings is 3. The number of fused-ring (bicyclic) bond motifs is 4. The fourth-order valence-electron chi connectivity index (χ4n) is 4.69. The number of anilines is 1. The van der Waals surface area contributed by atoms with Crippen molar-refractivity contribution in [2.75, 3.05) is 10.8 Å². The molecule has 1 aliphatic carbocycles. The van der Waals surface area contributed by atoms with Crippen molar-refractivity contribution in [3.63, 3.8) is 0 Å². The monoisotopic (exact) mass is 432 g/mol. The van der Waals surface area contributed by atoms with Crippen LogP contribution in [0, 0.1) is 6.92 Å². The second kappa shape index (κ2) is 7.54. The highest BCUT2D eigenvalue weighted by Gasteiger charge is 2.36. The summed E-state index contributed by atoms with van der Waals surface area (Å²) in [6.07, 6.45) is 2.86. The van der Waals surface area contributed by atoms with E-state index >= 15 is 0 Å². The number of hydrogen-bond donors (Lipinski definition) is 1. The lowest BCUT2D eigenvalue weighted by Crippen LogP contribution is -2.43. The van der Waals surface area contributed by atoms with Gasteiger partial charge in [0.1, 0.15) is 6.54 Å². The smallest absolute Gasteiger partial charge is 0.265 e. The molecule has 0 saturated heterocycles. The summed E-state index contributed by atoms with van der Waals surface area (Å²) < 4.78 is 28.1. The highest BCUT2D eigenvalue weighted by molar-refractivity contribution is 7.93. The number of amides is 1. The molecule has 3 aromatic carbocycles. The van der Waals surface area contributed by atoms with Crippen molar-refractivity contribution in [2.24, 2.45) is 0 Å². The van der Waals surface area contributed by atoms with E-state index in [-0.39, 0.29) is 23.4 Å². The van der Waals surface area contributed by atoms with Crippen molar-refractivity contribution in [3.8, 4) is 11.1 Å². The van der Waals surface area contributed by atoms with E-state index in [2.05, 4.69) is 11.4 Å². The molecule has 158 valence electrons. The van der Waals surface area contributed by atoms with Gasteiger partial charge in [-0.25, -0.2) is 8.42 Å². The third-order valence-electron chi connectivity index (χ3n) is 6.16. The van der Waals surface area contributed by atoms with Crippen molar-refractivity contribution >= 4 is 21.6 Å². The Kier molecular flexibility index (Phi) is 4.82. The van der Waals surface area contributed by atoms with E-state index in [0.29, 0.717) is 11.3 Å². The van der Waals surface area contributed by atoms with Crippen molar-refractivity contribution in [2.45, 2.75) is 37.1 Å². The Balaban J connectivity index is 1.48. The summed E-state index contributed by atoms with van der Waals surface area (Å²) in [5, 5.41) is 3.08. The lowest BCUT2D eigenvalue weighted by molar-refractivity contribution is -0.120. The number of sulfonamides is 1. The minimum atomic E-state index is -3.83. The molecule has 1 amide bonds. The molecule has 6 heteroatoms. The van der Waals surface area contributed by atoms with Crippen LogP contribution < -0.4 is 9.62 Å². The third-order valence-corrected chi connectivity index (χ3v) is 7.98. The second-order valence-electron chi connectivity index (χ2n) is 8.24. The van der Waals surface area contributed by atoms with Gasteiger partial charge in [-0.05, 0) is 55.5 Å². The van der Waals surface area contributed by atoms with Gasteiger partial charge >= 0.3 is 0 Å². The first kappa shape index (κ1) is 19.8. The number of carbonyl (C=O) groups is 1. The maximum absolute atomic E-state index is 13.4. The van der Waals surface area contributed by atoms with Gasteiger partial charge in [-0.1, -0.05) is 54.1 Å². The van der Waals surface area contributed by atoms with Gasteiger partial charge < -0.3 is 5.32 Å². The van der Waals surface area contributed by atoms with Crippen molar-refractivity contribution < 1.29 is 13.2 Å². The van der Waals surface area contributed by atoms with Gasteiger partial charge in [0.25, 0.3) is 10.0 Å². The molecular weight excluding hydrogens is 408 g/mol. The summed E-state index contributed by atoms with van der Waals surface area (Å²) in [7, 11) is -3.83. The summed E-state index contributed by atoms with van der Waals surface area (Å²) in [6, 6.07) is 20.7. The first-order chi connectivity index (χ1) is 14.9. The number of aryl methyl sites for hydroxylation is 2. The molecule has 31 heavy (non-hydrogen) atoms. The van der Waals surface area contributed by atoms with Gasteiger partial charge in [0.2, 0.25) is 5.91 Å². The number of carbonyl (C=O) groups excluding carboxylic acids is 1. The predicted molar refractivity (Wildman–Crippen MR) is 121 cm³/mol. The summed E-state index contributed by atoms with van der Waals surface area (Å²) in [5.74, 6) is -0.295. The van der Waals surface area contributed by atoms with E-state index in [1.54, 1.807) is 18.2 Å². The van der Waals surface area contributed by atoms with Crippen LogP contribution in [0.3, 0.4) is 0 Å². The average molecular weight is 433 g/mol. The molecule has 1 unspecified atom stereocenters. The standard InChI is InChI=1S/C25H24N2O3S/c1-17-13-14-23-21(15-17)20-10-4-5-12-24(20)31(29,30)27(23)16-25(28)26-22-11-6-8-18-7-2-3-9-19(18)22/h2-5,7,9-10,12-15,22H,6,8,11,16H2,1H3,(H,26,28). The first-order valence-electron chi connectivity index (χ1n) is 10.5. The zero-order valence-corrected chi connectivity index (χ0v) is 18.2. The second-order valence-corrected chi connectivity index (χ2v) is 10.1. The molecule has 2 aliphatic rings. The molecule has 0 spiro atoms. The minimum Gasteiger partial charge on any atom is -0.348 e. The Morgan fingerprint density at radius 2 is 1.81 bits per heavy atom. The number of nitrogens with zero attached hydrogens (tertiary/aromatic N) is 1. The van der Waals surface area contributed by atoms with Gasteiger partial charge in [0, 0.05) is 11.1 Å². The third kappa shape index (κ3) is 3.41. The molecule has 1 atom stereocenters. The first-order valence-corrected chi connectivity index (χ1v) is 12.0. The van der Waals surface area contributed by atoms with Crippen LogP contribution >= 0.6 is 0 Å². The van der Waals surface area contributed by atoms with Gasteiger partial charge in [-0.15, -0.1) is 0 Å². The Bertz CT molecular complexity index is 1280. The largest absolute Gasteiger partial charge is 0.348 e. The molecule has 1 N–H and O–H groups in total. The van der Waals surface area contributed by atoms with Gasteiger partial charge in [0.05, 0.1) is 16.6 Å². The van der Waals surface area contributed by atoms with Crippen LogP contribution in [0.5, 0.6) is 0 Å². The Hall–Kier alpha value is -3.12. The van der Waals surface area contributed by atoms with Crippen LogP contribution in [-0.2, 0) is 21.2 Å². The Labute approximate surface area is 182 Å². The summed E-state index contributed by atoms with van der Waals surface area (Å²) >= 11 is 0. The fraction of sp³-hybridized carbons (Fsp3) is 0.240. The van der Waals surface area contributed by atoms with Gasteiger partial charge in [0.15, 0.2) is 0 Å². The lowest BCUT2D eigenvalue weighted by atomic mass is 9.88. The molecule has 1 aliphatic heterocycles. The Morgan fingerprint density at radius 3 is 2.68 bits per heavy atom. The predicted octanol–water partition coefficient (Wildman–Crippen LogP) is 4.36. The summed E-state index contributed by atoms with van der Waals surface area (Å²) in [6.45, 7) is 1.73. The van der Waals surface area contributed by atoms with E-state index in [9.17, 15) is 13.2 Å². The molecule has 3 aromatic rings. The number of rotatable bonds is 3. The maximum Gasteiger partial charge on any atom is 0.265 e. The van der Waals surface area contributed by atoms with Crippen LogP contribution in [0.25, 0.3) is 11.1 Å². The summed E-state index contributed by atoms with van der Waals surface area (Å²) in [4.78, 5) is 13.3. The minimum absolute atomic E-state index is 0.0882. The number of nitrogens with one attached hydrogen (secondary N) is 1. The summed E-state index contributed by atoms with van der Waals surface area (Å²) in [5.41, 5.74) is 5.48. The molecule has 5 rings (SSSR count). The van der Waals surface area contributed by atoms with Crippen LogP contribution in [0.15, 0.2) is 71.6 Å². The lowest BCUT2D eigenvalue weighted by Gasteiger charge is -2.33. The van der Waals surface area contributed by atoms with Crippen LogP contribution in [0.2, 0.25) is 0 Å². The van der Waals surface area contributed by atoms with E-state index in [0.717, 1.165) is 36.0 Å². The van der Waals surface area contributed by atoms with Crippen LogP contribution in [0.4, 0.5) is 5.69 Å². The average Bonchev–Trinajstić information content (AvgIpc) is 2.77. The fourth-order valence-corrected chi connectivity index (χ4v) is 6.34. The van der Waals surface area contributed by atoms with E-state index in [4.69, 9.17) is 0 Å². The molecule has 1 heterocycles. The van der Waals surface area contributed by atoms with Gasteiger partial charge in [-0.3, -0.25) is 9.10 Å². The molecule has 0 aromatic heterocycles. The van der Waals surface area contributed by atoms with Gasteiger partial charge in [-0.2, -0.15) is 0 Å². The SMILES string of the molecule is Cc1ccc2c(c1)-c1ccccc1S(=O)(=O)N2CC(=O)NC1CCCc2ccccc21. The van der Waals surface area contributed by atoms with Crippen molar-refractivity contribution in [1.82, 2.24) is 5.32 Å². The van der Waals surface area contributed by atoms with E-state index in [1.807, 2.05) is 49.4 Å². The quantitative estimate of drug-likeness (QED) is 0.669. The number of hydrogen-bond acceptors (Lipinski definition) is 3. The van der Waals surface area contributed by atoms with Crippen molar-refractivity contribution in [1.29, 1.82) is 0 Å². The topological polar surface area (TPSA) is 66.5 Å². The molecule has 0 saturated carbocycles. The zero-order valence-electron chi connectivity index (χ0n) is 17.3. The van der Waals surface area contributed by atoms with E-state index in [1.165, 1.54) is 9.87 Å². The van der Waals surface area contributed by atoms with Crippen LogP contribution in [0.1, 0.15) is 35.6 Å². The molecular formula is C25H24N2O3S. The maximum atomic E-state index is 13.4. The van der Waals surface area contributed by atoms with Crippen LogP contribution in [-0.4, -0.2) is 20.9 Å². The van der Waals surface area contributed by atoms with Crippen molar-refractivity contribution in [3.05, 3.63) is 83.4 Å². The molecule has 5 nitrogen and oxygen atoms in total. The molecule has 0 radical (unpaired) electrons. The Morgan fingerprint density at radius 1 is 1.03 bits per heavy atom.